The first-order valence-electron chi connectivity index (χ1n) is 6.74. The van der Waals surface area contributed by atoms with Crippen molar-refractivity contribution in [2.75, 3.05) is 6.54 Å². The number of carbonyl (C=O) groups excluding carboxylic acids is 1. The largest absolute Gasteiger partial charge is 0.352 e. The first kappa shape index (κ1) is 13.6. The standard InChI is InChI=1S/C15H21N3O/c1-10(2)8-16-15(19)12-5-6-14-13(7-12)17-9-18(14)11(3)4/h5-7,9-11H,8H2,1-4H3,(H,16,19). The lowest BCUT2D eigenvalue weighted by Gasteiger charge is -2.09. The molecule has 1 aromatic carbocycles. The molecule has 0 saturated carbocycles. The summed E-state index contributed by atoms with van der Waals surface area (Å²) in [5.41, 5.74) is 2.60. The molecule has 0 saturated heterocycles. The maximum absolute atomic E-state index is 12.0. The van der Waals surface area contributed by atoms with E-state index in [-0.39, 0.29) is 5.91 Å². The SMILES string of the molecule is CC(C)CNC(=O)c1ccc2c(c1)ncn2C(C)C. The van der Waals surface area contributed by atoms with Gasteiger partial charge in [-0.1, -0.05) is 13.8 Å². The summed E-state index contributed by atoms with van der Waals surface area (Å²) >= 11 is 0. The molecule has 2 rings (SSSR count). The Hall–Kier alpha value is -1.84. The predicted molar refractivity (Wildman–Crippen MR) is 77.3 cm³/mol. The smallest absolute Gasteiger partial charge is 0.251 e. The van der Waals surface area contributed by atoms with Crippen LogP contribution in [0.15, 0.2) is 24.5 Å². The number of hydrogen-bond acceptors (Lipinski definition) is 2. The summed E-state index contributed by atoms with van der Waals surface area (Å²) in [6.07, 6.45) is 1.82. The molecule has 19 heavy (non-hydrogen) atoms. The van der Waals surface area contributed by atoms with Gasteiger partial charge in [0.25, 0.3) is 5.91 Å². The Balaban J connectivity index is 2.25. The minimum Gasteiger partial charge on any atom is -0.352 e. The molecule has 2 aromatic rings. The average molecular weight is 259 g/mol. The van der Waals surface area contributed by atoms with Crippen LogP contribution in [-0.4, -0.2) is 22.0 Å². The third-order valence-corrected chi connectivity index (χ3v) is 3.06. The zero-order valence-electron chi connectivity index (χ0n) is 12.0. The van der Waals surface area contributed by atoms with Crippen molar-refractivity contribution in [1.29, 1.82) is 0 Å². The molecule has 1 heterocycles. The Kier molecular flexibility index (Phi) is 3.88. The quantitative estimate of drug-likeness (QED) is 0.917. The molecule has 4 nitrogen and oxygen atoms in total. The molecule has 0 fully saturated rings. The van der Waals surface area contributed by atoms with Gasteiger partial charge in [-0.05, 0) is 38.0 Å². The molecule has 0 aliphatic heterocycles. The molecule has 1 aromatic heterocycles. The number of benzene rings is 1. The van der Waals surface area contributed by atoms with Crippen LogP contribution in [0, 0.1) is 5.92 Å². The monoisotopic (exact) mass is 259 g/mol. The zero-order valence-corrected chi connectivity index (χ0v) is 12.0. The van der Waals surface area contributed by atoms with E-state index >= 15 is 0 Å². The maximum Gasteiger partial charge on any atom is 0.251 e. The summed E-state index contributed by atoms with van der Waals surface area (Å²) in [6, 6.07) is 6.04. The Bertz CT molecular complexity index is 584. The summed E-state index contributed by atoms with van der Waals surface area (Å²) in [5.74, 6) is 0.419. The lowest BCUT2D eigenvalue weighted by atomic mass is 10.1. The van der Waals surface area contributed by atoms with Crippen molar-refractivity contribution in [2.45, 2.75) is 33.7 Å². The van der Waals surface area contributed by atoms with E-state index in [9.17, 15) is 4.79 Å². The van der Waals surface area contributed by atoms with Crippen LogP contribution < -0.4 is 5.32 Å². The van der Waals surface area contributed by atoms with E-state index in [1.54, 1.807) is 0 Å². The molecular weight excluding hydrogens is 238 g/mol. The van der Waals surface area contributed by atoms with Crippen molar-refractivity contribution in [3.63, 3.8) is 0 Å². The molecule has 0 spiro atoms. The molecule has 4 heteroatoms. The number of nitrogens with zero attached hydrogens (tertiary/aromatic N) is 2. The molecule has 0 atom stereocenters. The number of aromatic nitrogens is 2. The van der Waals surface area contributed by atoms with Gasteiger partial charge in [-0.25, -0.2) is 4.98 Å². The molecule has 0 unspecified atom stereocenters. The van der Waals surface area contributed by atoms with Crippen LogP contribution in [0.4, 0.5) is 0 Å². The number of fused-ring (bicyclic) bond motifs is 1. The number of nitrogens with one attached hydrogen (secondary N) is 1. The number of hydrogen-bond donors (Lipinski definition) is 1. The van der Waals surface area contributed by atoms with Gasteiger partial charge in [-0.3, -0.25) is 4.79 Å². The minimum atomic E-state index is -0.0327. The maximum atomic E-state index is 12.0. The molecule has 102 valence electrons. The van der Waals surface area contributed by atoms with Crippen molar-refractivity contribution in [3.05, 3.63) is 30.1 Å². The molecule has 1 N–H and O–H groups in total. The van der Waals surface area contributed by atoms with Crippen molar-refractivity contribution in [2.24, 2.45) is 5.92 Å². The molecule has 0 aliphatic carbocycles. The molecule has 0 aliphatic rings. The topological polar surface area (TPSA) is 46.9 Å². The summed E-state index contributed by atoms with van der Waals surface area (Å²) in [6.45, 7) is 9.08. The highest BCUT2D eigenvalue weighted by atomic mass is 16.1. The second-order valence-corrected chi connectivity index (χ2v) is 5.55. The van der Waals surface area contributed by atoms with Crippen LogP contribution in [0.1, 0.15) is 44.1 Å². The van der Waals surface area contributed by atoms with E-state index in [0.29, 0.717) is 24.1 Å². The average Bonchev–Trinajstić information content (AvgIpc) is 2.78. The van der Waals surface area contributed by atoms with Gasteiger partial charge in [0.15, 0.2) is 0 Å². The fourth-order valence-electron chi connectivity index (χ4n) is 1.98. The molecular formula is C15H21N3O. The lowest BCUT2D eigenvalue weighted by molar-refractivity contribution is 0.0949. The van der Waals surface area contributed by atoms with E-state index in [1.807, 2.05) is 24.5 Å². The summed E-state index contributed by atoms with van der Waals surface area (Å²) < 4.78 is 2.10. The van der Waals surface area contributed by atoms with E-state index in [4.69, 9.17) is 0 Å². The van der Waals surface area contributed by atoms with Crippen LogP contribution in [0.3, 0.4) is 0 Å². The van der Waals surface area contributed by atoms with E-state index in [0.717, 1.165) is 11.0 Å². The van der Waals surface area contributed by atoms with Crippen molar-refractivity contribution in [3.8, 4) is 0 Å². The Morgan fingerprint density at radius 2 is 2.05 bits per heavy atom. The second kappa shape index (κ2) is 5.43. The third-order valence-electron chi connectivity index (χ3n) is 3.06. The van der Waals surface area contributed by atoms with Gasteiger partial charge in [0.1, 0.15) is 0 Å². The van der Waals surface area contributed by atoms with Gasteiger partial charge in [-0.15, -0.1) is 0 Å². The highest BCUT2D eigenvalue weighted by Crippen LogP contribution is 2.18. The fraction of sp³-hybridized carbons (Fsp3) is 0.467. The predicted octanol–water partition coefficient (Wildman–Crippen LogP) is 3.00. The number of rotatable bonds is 4. The summed E-state index contributed by atoms with van der Waals surface area (Å²) in [7, 11) is 0. The number of amides is 1. The van der Waals surface area contributed by atoms with Gasteiger partial charge in [0, 0.05) is 18.2 Å². The van der Waals surface area contributed by atoms with Crippen molar-refractivity contribution in [1.82, 2.24) is 14.9 Å². The number of carbonyl (C=O) groups is 1. The summed E-state index contributed by atoms with van der Waals surface area (Å²) in [5, 5.41) is 2.92. The normalized spacial score (nSPS) is 11.5. The first-order chi connectivity index (χ1) is 8.99. The molecule has 1 amide bonds. The van der Waals surface area contributed by atoms with Crippen LogP contribution in [0.5, 0.6) is 0 Å². The minimum absolute atomic E-state index is 0.0327. The molecule has 0 radical (unpaired) electrons. The second-order valence-electron chi connectivity index (χ2n) is 5.55. The van der Waals surface area contributed by atoms with Gasteiger partial charge in [0.2, 0.25) is 0 Å². The van der Waals surface area contributed by atoms with Crippen LogP contribution in [-0.2, 0) is 0 Å². The van der Waals surface area contributed by atoms with Crippen molar-refractivity contribution < 1.29 is 4.79 Å². The van der Waals surface area contributed by atoms with Crippen molar-refractivity contribution >= 4 is 16.9 Å². The van der Waals surface area contributed by atoms with Crippen LogP contribution in [0.2, 0.25) is 0 Å². The van der Waals surface area contributed by atoms with Crippen LogP contribution in [0.25, 0.3) is 11.0 Å². The third kappa shape index (κ3) is 2.95. The van der Waals surface area contributed by atoms with E-state index in [2.05, 4.69) is 42.6 Å². The van der Waals surface area contributed by atoms with E-state index < -0.39 is 0 Å². The van der Waals surface area contributed by atoms with Gasteiger partial charge >= 0.3 is 0 Å². The highest BCUT2D eigenvalue weighted by molar-refractivity contribution is 5.97. The lowest BCUT2D eigenvalue weighted by Crippen LogP contribution is -2.27. The Morgan fingerprint density at radius 3 is 2.68 bits per heavy atom. The van der Waals surface area contributed by atoms with Crippen LogP contribution >= 0.6 is 0 Å². The highest BCUT2D eigenvalue weighted by Gasteiger charge is 2.10. The summed E-state index contributed by atoms with van der Waals surface area (Å²) in [4.78, 5) is 16.3. The number of imidazole rings is 1. The van der Waals surface area contributed by atoms with Gasteiger partial charge in [0.05, 0.1) is 17.4 Å². The van der Waals surface area contributed by atoms with Gasteiger partial charge in [-0.2, -0.15) is 0 Å². The van der Waals surface area contributed by atoms with Gasteiger partial charge < -0.3 is 9.88 Å². The molecule has 0 bridgehead atoms. The fourth-order valence-corrected chi connectivity index (χ4v) is 1.98. The Labute approximate surface area is 113 Å². The Morgan fingerprint density at radius 1 is 1.32 bits per heavy atom. The van der Waals surface area contributed by atoms with E-state index in [1.165, 1.54) is 0 Å². The first-order valence-corrected chi connectivity index (χ1v) is 6.74. The zero-order chi connectivity index (χ0) is 14.0.